The predicted molar refractivity (Wildman–Crippen MR) is 20.8 cm³/mol. The molecule has 0 heterocycles. The van der Waals surface area contributed by atoms with Gasteiger partial charge in [0.15, 0.2) is 0 Å². The van der Waals surface area contributed by atoms with Crippen molar-refractivity contribution >= 4 is 15.7 Å². The first kappa shape index (κ1) is 9.53. The Morgan fingerprint density at radius 1 is 1.40 bits per heavy atom. The zero-order valence-corrected chi connectivity index (χ0v) is 8.22. The van der Waals surface area contributed by atoms with Crippen LogP contribution in [0.15, 0.2) is 0 Å². The smallest absolute Gasteiger partial charge is 1.00 e. The summed E-state index contributed by atoms with van der Waals surface area (Å²) in [5.74, 6) is 0. The fourth-order valence-corrected chi connectivity index (χ4v) is 0. The van der Waals surface area contributed by atoms with Crippen LogP contribution in [0.5, 0.6) is 0 Å². The van der Waals surface area contributed by atoms with Gasteiger partial charge in [-0.3, -0.25) is 0 Å². The van der Waals surface area contributed by atoms with Crippen molar-refractivity contribution in [2.75, 3.05) is 0 Å². The second-order valence-electron chi connectivity index (χ2n) is 1.39. The molecule has 0 fully saturated rings. The SMILES string of the molecule is B[CH](B)[Zn+].[Br-]. The number of hydrogen-bond acceptors (Lipinski definition) is 0. The summed E-state index contributed by atoms with van der Waals surface area (Å²) in [4.78, 5) is 0. The quantitative estimate of drug-likeness (QED) is 0.333. The first-order valence-corrected chi connectivity index (χ1v) is 3.28. The molecule has 5 heavy (non-hydrogen) atoms. The summed E-state index contributed by atoms with van der Waals surface area (Å²) in [6.45, 7) is 0. The van der Waals surface area contributed by atoms with Crippen molar-refractivity contribution in [2.45, 2.75) is 4.31 Å². The molecule has 4 heteroatoms. The molecule has 0 amide bonds. The van der Waals surface area contributed by atoms with E-state index in [1.54, 1.807) is 0 Å². The van der Waals surface area contributed by atoms with E-state index >= 15 is 0 Å². The second kappa shape index (κ2) is 5.23. The van der Waals surface area contributed by atoms with Gasteiger partial charge in [-0.25, -0.2) is 0 Å². The Balaban J connectivity index is 0. The van der Waals surface area contributed by atoms with Crippen LogP contribution < -0.4 is 17.0 Å². The van der Waals surface area contributed by atoms with Crippen LogP contribution in [0, 0.1) is 0 Å². The standard InChI is InChI=1S/CH5B2.BrH.Zn/c2-1-3;;/h1H,2-3H2;1H;/q;;+1/p-1. The van der Waals surface area contributed by atoms with Gasteiger partial charge in [0.05, 0.1) is 0 Å². The summed E-state index contributed by atoms with van der Waals surface area (Å²) < 4.78 is 0.958. The normalized spacial score (nSPS) is 7.00. The number of hydrogen-bond donors (Lipinski definition) is 0. The van der Waals surface area contributed by atoms with Crippen LogP contribution in [0.4, 0.5) is 0 Å². The van der Waals surface area contributed by atoms with E-state index in [-0.39, 0.29) is 17.0 Å². The Kier molecular flexibility index (Phi) is 9.97. The van der Waals surface area contributed by atoms with Crippen LogP contribution >= 0.6 is 0 Å². The van der Waals surface area contributed by atoms with Crippen LogP contribution in [-0.2, 0) is 18.3 Å². The van der Waals surface area contributed by atoms with Crippen molar-refractivity contribution in [1.82, 2.24) is 0 Å². The first-order chi connectivity index (χ1) is 1.73. The molecular formula is CH5B2BrZn. The molecule has 0 aromatic carbocycles. The monoisotopic (exact) mass is 182 g/mol. The van der Waals surface area contributed by atoms with Crippen LogP contribution in [0.25, 0.3) is 0 Å². The van der Waals surface area contributed by atoms with E-state index in [1.807, 2.05) is 0 Å². The molecular weight excluding hydrogens is 179 g/mol. The van der Waals surface area contributed by atoms with Crippen molar-refractivity contribution in [3.8, 4) is 0 Å². The van der Waals surface area contributed by atoms with Crippen LogP contribution in [0.1, 0.15) is 0 Å². The summed E-state index contributed by atoms with van der Waals surface area (Å²) in [5.41, 5.74) is 0. The first-order valence-electron chi connectivity index (χ1n) is 1.56. The van der Waals surface area contributed by atoms with Crippen molar-refractivity contribution in [3.63, 3.8) is 0 Å². The van der Waals surface area contributed by atoms with Crippen LogP contribution in [0.2, 0.25) is 4.31 Å². The summed E-state index contributed by atoms with van der Waals surface area (Å²) in [6, 6.07) is 0. The molecule has 0 aliphatic carbocycles. The average molecular weight is 184 g/mol. The van der Waals surface area contributed by atoms with E-state index in [2.05, 4.69) is 15.7 Å². The molecule has 0 aliphatic heterocycles. The van der Waals surface area contributed by atoms with Crippen molar-refractivity contribution in [1.29, 1.82) is 0 Å². The second-order valence-corrected chi connectivity index (χ2v) is 4.82. The van der Waals surface area contributed by atoms with Gasteiger partial charge in [-0.05, 0) is 0 Å². The van der Waals surface area contributed by atoms with E-state index < -0.39 is 0 Å². The maximum absolute atomic E-state index is 2.22. The molecule has 0 aromatic rings. The molecule has 0 spiro atoms. The zero-order valence-electron chi connectivity index (χ0n) is 3.66. The van der Waals surface area contributed by atoms with Crippen LogP contribution in [0.3, 0.4) is 0 Å². The minimum absolute atomic E-state index is 0. The third kappa shape index (κ3) is 36.0. The maximum atomic E-state index is 2.22. The third-order valence-electron chi connectivity index (χ3n) is 0. The van der Waals surface area contributed by atoms with E-state index in [4.69, 9.17) is 0 Å². The number of halogens is 1. The van der Waals surface area contributed by atoms with Crippen molar-refractivity contribution in [2.24, 2.45) is 0 Å². The van der Waals surface area contributed by atoms with E-state index in [0.29, 0.717) is 0 Å². The van der Waals surface area contributed by atoms with Gasteiger partial charge in [-0.2, -0.15) is 0 Å². The molecule has 0 rings (SSSR count). The Morgan fingerprint density at radius 2 is 1.40 bits per heavy atom. The van der Waals surface area contributed by atoms with E-state index in [9.17, 15) is 0 Å². The Hall–Kier alpha value is 1.23. The fourth-order valence-electron chi connectivity index (χ4n) is 0. The van der Waals surface area contributed by atoms with E-state index in [1.165, 1.54) is 18.3 Å². The Morgan fingerprint density at radius 3 is 1.40 bits per heavy atom. The molecule has 0 nitrogen and oxygen atoms in total. The van der Waals surface area contributed by atoms with E-state index in [0.717, 1.165) is 4.31 Å². The van der Waals surface area contributed by atoms with Crippen LogP contribution in [-0.4, -0.2) is 15.7 Å². The summed E-state index contributed by atoms with van der Waals surface area (Å²) in [6.07, 6.45) is 0. The molecule has 0 saturated carbocycles. The summed E-state index contributed by atoms with van der Waals surface area (Å²) in [7, 11) is 4.44. The van der Waals surface area contributed by atoms with Gasteiger partial charge in [0.2, 0.25) is 0 Å². The molecule has 0 aromatic heterocycles. The molecule has 0 aliphatic rings. The minimum Gasteiger partial charge on any atom is -1.00 e. The average Bonchev–Trinajstić information content (AvgIpc) is 0.811. The van der Waals surface area contributed by atoms with Gasteiger partial charge < -0.3 is 17.0 Å². The van der Waals surface area contributed by atoms with Gasteiger partial charge in [-0.15, -0.1) is 0 Å². The fraction of sp³-hybridized carbons (Fsp3) is 1.00. The summed E-state index contributed by atoms with van der Waals surface area (Å²) >= 11 is 1.43. The van der Waals surface area contributed by atoms with Crippen molar-refractivity contribution in [3.05, 3.63) is 0 Å². The third-order valence-corrected chi connectivity index (χ3v) is 0. The van der Waals surface area contributed by atoms with Gasteiger partial charge in [0.1, 0.15) is 0 Å². The topological polar surface area (TPSA) is 0 Å². The zero-order chi connectivity index (χ0) is 3.58. The largest absolute Gasteiger partial charge is 1.00 e. The molecule has 0 N–H and O–H groups in total. The maximum Gasteiger partial charge on any atom is -1.00 e. The summed E-state index contributed by atoms with van der Waals surface area (Å²) in [5, 5.41) is 0. The Labute approximate surface area is 55.4 Å². The molecule has 0 saturated heterocycles. The number of rotatable bonds is 0. The molecule has 0 atom stereocenters. The van der Waals surface area contributed by atoms with Gasteiger partial charge in [-0.1, -0.05) is 0 Å². The van der Waals surface area contributed by atoms with Gasteiger partial charge in [0.25, 0.3) is 0 Å². The molecule has 0 unspecified atom stereocenters. The van der Waals surface area contributed by atoms with Crippen molar-refractivity contribution < 1.29 is 35.3 Å². The molecule has 24 valence electrons. The van der Waals surface area contributed by atoms with Gasteiger partial charge in [0, 0.05) is 0 Å². The predicted octanol–water partition coefficient (Wildman–Crippen LogP) is -4.49. The molecule has 0 bridgehead atoms. The molecule has 0 radical (unpaired) electrons. The van der Waals surface area contributed by atoms with Gasteiger partial charge >= 0.3 is 38.3 Å². The Bertz CT molecular complexity index is 14.4. The minimum atomic E-state index is 0.